The van der Waals surface area contributed by atoms with E-state index in [4.69, 9.17) is 16.3 Å². The summed E-state index contributed by atoms with van der Waals surface area (Å²) in [7, 11) is -6.54. The van der Waals surface area contributed by atoms with Gasteiger partial charge in [-0.3, -0.25) is 13.8 Å². The van der Waals surface area contributed by atoms with Crippen LogP contribution in [0, 0.1) is 13.8 Å². The molecular formula is C29H28ClN3O6S2. The highest BCUT2D eigenvalue weighted by Gasteiger charge is 2.27. The summed E-state index contributed by atoms with van der Waals surface area (Å²) in [5.41, 5.74) is 2.38. The SMILES string of the molecule is COc1ccc(N(CC(=O)Nc2ccc(S(=O)(=O)Nc3cccc(Cl)c3C)cc2)S(=O)(=O)c2ccc(C)cc2)cc1. The highest BCUT2D eigenvalue weighted by molar-refractivity contribution is 7.93. The molecule has 0 spiro atoms. The van der Waals surface area contributed by atoms with Crippen molar-refractivity contribution in [3.63, 3.8) is 0 Å². The molecule has 0 aliphatic carbocycles. The predicted octanol–water partition coefficient (Wildman–Crippen LogP) is 5.60. The summed E-state index contributed by atoms with van der Waals surface area (Å²) in [6.07, 6.45) is 0. The van der Waals surface area contributed by atoms with Gasteiger partial charge in [-0.1, -0.05) is 35.4 Å². The number of amides is 1. The highest BCUT2D eigenvalue weighted by atomic mass is 35.5. The van der Waals surface area contributed by atoms with Gasteiger partial charge in [-0.05, 0) is 92.2 Å². The Kier molecular flexibility index (Phi) is 8.91. The van der Waals surface area contributed by atoms with Crippen LogP contribution in [0.4, 0.5) is 17.1 Å². The normalized spacial score (nSPS) is 11.5. The number of carbonyl (C=O) groups excluding carboxylic acids is 1. The second-order valence-electron chi connectivity index (χ2n) is 9.11. The van der Waals surface area contributed by atoms with Gasteiger partial charge < -0.3 is 10.1 Å². The molecule has 4 aromatic carbocycles. The van der Waals surface area contributed by atoms with Crippen molar-refractivity contribution in [3.05, 3.63) is 107 Å². The Balaban J connectivity index is 1.54. The van der Waals surface area contributed by atoms with Crippen LogP contribution in [0.3, 0.4) is 0 Å². The fourth-order valence-corrected chi connectivity index (χ4v) is 6.59. The molecule has 0 heterocycles. The number of hydrogen-bond donors (Lipinski definition) is 2. The molecule has 0 aliphatic rings. The molecule has 214 valence electrons. The van der Waals surface area contributed by atoms with Crippen LogP contribution < -0.4 is 19.1 Å². The summed E-state index contributed by atoms with van der Waals surface area (Å²) >= 11 is 6.09. The van der Waals surface area contributed by atoms with Crippen LogP contribution in [0.25, 0.3) is 0 Å². The van der Waals surface area contributed by atoms with E-state index < -0.39 is 32.5 Å². The van der Waals surface area contributed by atoms with Crippen molar-refractivity contribution in [1.82, 2.24) is 0 Å². The van der Waals surface area contributed by atoms with Crippen LogP contribution >= 0.6 is 11.6 Å². The van der Waals surface area contributed by atoms with E-state index in [-0.39, 0.29) is 21.2 Å². The molecule has 2 N–H and O–H groups in total. The number of rotatable bonds is 10. The Hall–Kier alpha value is -4.06. The Morgan fingerprint density at radius 3 is 2.05 bits per heavy atom. The minimum absolute atomic E-state index is 0.0308. The third-order valence-corrected chi connectivity index (χ3v) is 9.80. The van der Waals surface area contributed by atoms with Gasteiger partial charge in [-0.2, -0.15) is 0 Å². The van der Waals surface area contributed by atoms with E-state index in [1.165, 1.54) is 43.5 Å². The second kappa shape index (κ2) is 12.2. The molecule has 12 heteroatoms. The second-order valence-corrected chi connectivity index (χ2v) is 13.1. The Labute approximate surface area is 244 Å². The maximum absolute atomic E-state index is 13.6. The van der Waals surface area contributed by atoms with Crippen molar-refractivity contribution >= 4 is 54.6 Å². The molecule has 0 fully saturated rings. The van der Waals surface area contributed by atoms with Crippen molar-refractivity contribution in [2.45, 2.75) is 23.6 Å². The number of hydrogen-bond acceptors (Lipinski definition) is 6. The Morgan fingerprint density at radius 2 is 1.44 bits per heavy atom. The van der Waals surface area contributed by atoms with Crippen LogP contribution in [-0.2, 0) is 24.8 Å². The topological polar surface area (TPSA) is 122 Å². The summed E-state index contributed by atoms with van der Waals surface area (Å²) in [4.78, 5) is 13.1. The summed E-state index contributed by atoms with van der Waals surface area (Å²) in [5, 5.41) is 3.07. The van der Waals surface area contributed by atoms with Crippen molar-refractivity contribution in [2.75, 3.05) is 28.0 Å². The minimum Gasteiger partial charge on any atom is -0.497 e. The molecule has 0 aliphatic heterocycles. The molecule has 0 saturated carbocycles. The molecule has 0 unspecified atom stereocenters. The molecule has 4 rings (SSSR count). The lowest BCUT2D eigenvalue weighted by Crippen LogP contribution is -2.38. The standard InChI is InChI=1S/C29H28ClN3O6S2/c1-20-7-15-26(16-8-20)41(37,38)33(23-11-13-24(39-3)14-12-23)19-29(34)31-22-9-17-25(18-10-22)40(35,36)32-28-6-4-5-27(30)21(28)2/h4-18,32H,19H2,1-3H3,(H,31,34). The van der Waals surface area contributed by atoms with Crippen molar-refractivity contribution in [3.8, 4) is 5.75 Å². The number of nitrogens with one attached hydrogen (secondary N) is 2. The van der Waals surface area contributed by atoms with Crippen molar-refractivity contribution in [1.29, 1.82) is 0 Å². The van der Waals surface area contributed by atoms with Crippen molar-refractivity contribution in [2.24, 2.45) is 0 Å². The highest BCUT2D eigenvalue weighted by Crippen LogP contribution is 2.28. The number of ether oxygens (including phenoxy) is 1. The van der Waals surface area contributed by atoms with E-state index in [1.54, 1.807) is 61.5 Å². The quantitative estimate of drug-likeness (QED) is 0.240. The van der Waals surface area contributed by atoms with Gasteiger partial charge >= 0.3 is 0 Å². The summed E-state index contributed by atoms with van der Waals surface area (Å²) in [5.74, 6) is -0.0965. The third-order valence-electron chi connectivity index (χ3n) is 6.22. The van der Waals surface area contributed by atoms with E-state index in [2.05, 4.69) is 10.0 Å². The van der Waals surface area contributed by atoms with E-state index in [9.17, 15) is 21.6 Å². The van der Waals surface area contributed by atoms with Gasteiger partial charge in [0.25, 0.3) is 20.0 Å². The predicted molar refractivity (Wildman–Crippen MR) is 161 cm³/mol. The van der Waals surface area contributed by atoms with Crippen LogP contribution in [0.1, 0.15) is 11.1 Å². The lowest BCUT2D eigenvalue weighted by molar-refractivity contribution is -0.114. The van der Waals surface area contributed by atoms with Crippen LogP contribution in [-0.4, -0.2) is 36.4 Å². The molecule has 0 bridgehead atoms. The molecule has 0 saturated heterocycles. The van der Waals surface area contributed by atoms with E-state index in [0.717, 1.165) is 9.87 Å². The zero-order valence-electron chi connectivity index (χ0n) is 22.5. The number of nitrogens with zero attached hydrogens (tertiary/aromatic N) is 1. The molecule has 0 atom stereocenters. The van der Waals surface area contributed by atoms with Gasteiger partial charge in [-0.25, -0.2) is 16.8 Å². The first-order valence-corrected chi connectivity index (χ1v) is 15.6. The summed E-state index contributed by atoms with van der Waals surface area (Å²) < 4.78 is 61.6. The first-order chi connectivity index (χ1) is 19.4. The first-order valence-electron chi connectivity index (χ1n) is 12.3. The lowest BCUT2D eigenvalue weighted by Gasteiger charge is -2.24. The fraction of sp³-hybridized carbons (Fsp3) is 0.138. The molecule has 4 aromatic rings. The number of methoxy groups -OCH3 is 1. The van der Waals surface area contributed by atoms with Gasteiger partial charge in [0.05, 0.1) is 28.3 Å². The minimum atomic E-state index is -4.11. The van der Waals surface area contributed by atoms with Gasteiger partial charge in [0, 0.05) is 10.7 Å². The summed E-state index contributed by atoms with van der Waals surface area (Å²) in [6.45, 7) is 3.02. The number of halogens is 1. The Morgan fingerprint density at radius 1 is 0.829 bits per heavy atom. The molecule has 1 amide bonds. The third kappa shape index (κ3) is 6.99. The number of anilines is 3. The number of carbonyl (C=O) groups is 1. The van der Waals surface area contributed by atoms with Crippen molar-refractivity contribution < 1.29 is 26.4 Å². The molecular weight excluding hydrogens is 586 g/mol. The van der Waals surface area contributed by atoms with E-state index in [1.807, 2.05) is 6.92 Å². The smallest absolute Gasteiger partial charge is 0.264 e. The summed E-state index contributed by atoms with van der Waals surface area (Å²) in [6, 6.07) is 23.0. The fourth-order valence-electron chi connectivity index (χ4n) is 3.87. The maximum atomic E-state index is 13.6. The average Bonchev–Trinajstić information content (AvgIpc) is 2.95. The molecule has 0 aromatic heterocycles. The first kappa shape index (κ1) is 29.9. The van der Waals surface area contributed by atoms with Gasteiger partial charge in [0.2, 0.25) is 5.91 Å². The number of sulfonamides is 2. The number of benzene rings is 4. The average molecular weight is 614 g/mol. The van der Waals surface area contributed by atoms with Crippen LogP contribution in [0.15, 0.2) is 101 Å². The van der Waals surface area contributed by atoms with Gasteiger partial charge in [-0.15, -0.1) is 0 Å². The molecule has 9 nitrogen and oxygen atoms in total. The van der Waals surface area contributed by atoms with E-state index >= 15 is 0 Å². The lowest BCUT2D eigenvalue weighted by atomic mass is 10.2. The monoisotopic (exact) mass is 613 g/mol. The largest absolute Gasteiger partial charge is 0.497 e. The van der Waals surface area contributed by atoms with Gasteiger partial charge in [0.1, 0.15) is 12.3 Å². The maximum Gasteiger partial charge on any atom is 0.264 e. The van der Waals surface area contributed by atoms with Crippen LogP contribution in [0.2, 0.25) is 5.02 Å². The molecule has 41 heavy (non-hydrogen) atoms. The van der Waals surface area contributed by atoms with Gasteiger partial charge in [0.15, 0.2) is 0 Å². The Bertz CT molecular complexity index is 1760. The number of aryl methyl sites for hydroxylation is 1. The van der Waals surface area contributed by atoms with E-state index in [0.29, 0.717) is 22.0 Å². The zero-order valence-corrected chi connectivity index (χ0v) is 24.8. The molecule has 0 radical (unpaired) electrons. The zero-order chi connectivity index (χ0) is 29.8. The van der Waals surface area contributed by atoms with Crippen LogP contribution in [0.5, 0.6) is 5.75 Å².